The average molecular weight is 532 g/mol. The Morgan fingerprint density at radius 3 is 2.53 bits per heavy atom. The first-order chi connectivity index (χ1) is 18.3. The Morgan fingerprint density at radius 1 is 1.08 bits per heavy atom. The number of carbonyl (C=O) groups is 2. The maximum absolute atomic E-state index is 13.8. The molecular weight excluding hydrogens is 506 g/mol. The molecule has 0 saturated carbocycles. The van der Waals surface area contributed by atoms with E-state index in [1.165, 1.54) is 4.90 Å². The van der Waals surface area contributed by atoms with Crippen molar-refractivity contribution in [2.24, 2.45) is 0 Å². The van der Waals surface area contributed by atoms with E-state index in [9.17, 15) is 14.7 Å². The fourth-order valence-corrected chi connectivity index (χ4v) is 4.85. The van der Waals surface area contributed by atoms with Crippen LogP contribution in [0.4, 0.5) is 0 Å². The number of aliphatic hydroxyl groups is 1. The third-order valence-electron chi connectivity index (χ3n) is 6.35. The smallest absolute Gasteiger partial charge is 0.290 e. The van der Waals surface area contributed by atoms with Gasteiger partial charge < -0.3 is 23.9 Å². The molecule has 1 aliphatic heterocycles. The number of halogens is 1. The van der Waals surface area contributed by atoms with E-state index in [-0.39, 0.29) is 24.0 Å². The highest BCUT2D eigenvalue weighted by molar-refractivity contribution is 6.31. The van der Waals surface area contributed by atoms with Gasteiger partial charge in [0.15, 0.2) is 11.5 Å². The van der Waals surface area contributed by atoms with Crippen molar-refractivity contribution in [3.05, 3.63) is 106 Å². The van der Waals surface area contributed by atoms with E-state index in [1.54, 1.807) is 61.7 Å². The van der Waals surface area contributed by atoms with E-state index in [0.717, 1.165) is 5.56 Å². The van der Waals surface area contributed by atoms with Gasteiger partial charge in [0.1, 0.15) is 17.1 Å². The van der Waals surface area contributed by atoms with Crippen LogP contribution in [0.3, 0.4) is 0 Å². The highest BCUT2D eigenvalue weighted by Crippen LogP contribution is 2.41. The molecule has 4 aromatic rings. The van der Waals surface area contributed by atoms with Crippen LogP contribution in [0.1, 0.15) is 41.6 Å². The number of Topliss-reactive ketones (excluding diaryl/α,β-unsaturated/α-hetero) is 1. The van der Waals surface area contributed by atoms with Crippen molar-refractivity contribution in [2.75, 3.05) is 7.11 Å². The Morgan fingerprint density at radius 2 is 1.82 bits per heavy atom. The van der Waals surface area contributed by atoms with E-state index < -0.39 is 23.5 Å². The summed E-state index contributed by atoms with van der Waals surface area (Å²) in [6, 6.07) is 20.1. The molecule has 1 unspecified atom stereocenters. The van der Waals surface area contributed by atoms with Gasteiger partial charge in [-0.3, -0.25) is 9.59 Å². The molecule has 194 valence electrons. The highest BCUT2D eigenvalue weighted by Gasteiger charge is 2.44. The summed E-state index contributed by atoms with van der Waals surface area (Å²) in [5, 5.41) is 12.2. The monoisotopic (exact) mass is 531 g/mol. The predicted molar refractivity (Wildman–Crippen MR) is 144 cm³/mol. The molecule has 38 heavy (non-hydrogen) atoms. The summed E-state index contributed by atoms with van der Waals surface area (Å²) in [5.41, 5.74) is 1.77. The SMILES string of the molecule is COc1ccccc1CN1C(=O)C(O)=C(C(=O)c2cc3cc(Cl)ccc3o2)C1c1ccc(OC(C)C)cc1. The predicted octanol–water partition coefficient (Wildman–Crippen LogP) is 6.66. The third kappa shape index (κ3) is 4.73. The maximum Gasteiger partial charge on any atom is 0.290 e. The van der Waals surface area contributed by atoms with Crippen LogP contribution < -0.4 is 9.47 Å². The van der Waals surface area contributed by atoms with Crippen LogP contribution in [0.25, 0.3) is 11.0 Å². The second-order valence-corrected chi connectivity index (χ2v) is 9.70. The van der Waals surface area contributed by atoms with Gasteiger partial charge >= 0.3 is 0 Å². The largest absolute Gasteiger partial charge is 0.503 e. The van der Waals surface area contributed by atoms with Crippen LogP contribution >= 0.6 is 11.6 Å². The molecule has 7 nitrogen and oxygen atoms in total. The molecule has 8 heteroatoms. The topological polar surface area (TPSA) is 89.2 Å². The number of hydrogen-bond acceptors (Lipinski definition) is 6. The number of furan rings is 1. The Kier molecular flexibility index (Phi) is 6.87. The number of fused-ring (bicyclic) bond motifs is 1. The van der Waals surface area contributed by atoms with Crippen LogP contribution in [-0.4, -0.2) is 34.9 Å². The standard InChI is InChI=1S/C30H26ClNO6/c1-17(2)37-22-11-8-18(9-12-22)27-26(28(33)25-15-20-14-21(31)10-13-24(20)38-25)29(34)30(35)32(27)16-19-6-4-5-7-23(19)36-3/h4-15,17,27,34H,16H2,1-3H3. The molecule has 0 saturated heterocycles. The van der Waals surface area contributed by atoms with Crippen molar-refractivity contribution in [1.82, 2.24) is 4.90 Å². The van der Waals surface area contributed by atoms with Crippen LogP contribution in [-0.2, 0) is 11.3 Å². The summed E-state index contributed by atoms with van der Waals surface area (Å²) in [6.45, 7) is 3.96. The maximum atomic E-state index is 13.8. The molecule has 2 heterocycles. The highest BCUT2D eigenvalue weighted by atomic mass is 35.5. The molecule has 1 N–H and O–H groups in total. The lowest BCUT2D eigenvalue weighted by molar-refractivity contribution is -0.130. The van der Waals surface area contributed by atoms with Gasteiger partial charge in [-0.25, -0.2) is 0 Å². The number of methoxy groups -OCH3 is 1. The number of benzene rings is 3. The summed E-state index contributed by atoms with van der Waals surface area (Å²) in [5.74, 6) is -0.617. The van der Waals surface area contributed by atoms with Crippen molar-refractivity contribution in [1.29, 1.82) is 0 Å². The molecule has 0 fully saturated rings. The minimum absolute atomic E-state index is 0.000481. The molecular formula is C30H26ClNO6. The van der Waals surface area contributed by atoms with Crippen molar-refractivity contribution >= 4 is 34.3 Å². The van der Waals surface area contributed by atoms with Crippen LogP contribution in [0.5, 0.6) is 11.5 Å². The number of hydrogen-bond donors (Lipinski definition) is 1. The fourth-order valence-electron chi connectivity index (χ4n) is 4.67. The number of aliphatic hydroxyl groups excluding tert-OH is 1. The molecule has 1 aromatic heterocycles. The number of ether oxygens (including phenoxy) is 2. The Bertz CT molecular complexity index is 1550. The lowest BCUT2D eigenvalue weighted by Gasteiger charge is -2.27. The number of ketones is 1. The zero-order valence-electron chi connectivity index (χ0n) is 21.1. The van der Waals surface area contributed by atoms with Gasteiger partial charge in [-0.15, -0.1) is 0 Å². The Labute approximate surface area is 224 Å². The number of nitrogens with zero attached hydrogens (tertiary/aromatic N) is 1. The zero-order valence-corrected chi connectivity index (χ0v) is 21.9. The first-order valence-electron chi connectivity index (χ1n) is 12.1. The minimum atomic E-state index is -0.871. The molecule has 1 aliphatic rings. The minimum Gasteiger partial charge on any atom is -0.503 e. The van der Waals surface area contributed by atoms with E-state index in [1.807, 2.05) is 32.0 Å². The quantitative estimate of drug-likeness (QED) is 0.256. The van der Waals surface area contributed by atoms with Gasteiger partial charge in [-0.05, 0) is 61.9 Å². The van der Waals surface area contributed by atoms with Gasteiger partial charge in [0, 0.05) is 16.0 Å². The fraction of sp³-hybridized carbons (Fsp3) is 0.200. The number of amides is 1. The average Bonchev–Trinajstić information content (AvgIpc) is 3.43. The van der Waals surface area contributed by atoms with E-state index in [0.29, 0.717) is 33.1 Å². The second kappa shape index (κ2) is 10.3. The molecule has 0 spiro atoms. The van der Waals surface area contributed by atoms with Gasteiger partial charge in [0.25, 0.3) is 5.91 Å². The van der Waals surface area contributed by atoms with Crippen LogP contribution in [0, 0.1) is 0 Å². The summed E-state index contributed by atoms with van der Waals surface area (Å²) in [6.07, 6.45) is -0.0152. The molecule has 1 atom stereocenters. The van der Waals surface area contributed by atoms with E-state index in [4.69, 9.17) is 25.5 Å². The van der Waals surface area contributed by atoms with Gasteiger partial charge in [0.2, 0.25) is 5.78 Å². The van der Waals surface area contributed by atoms with Gasteiger partial charge in [-0.1, -0.05) is 41.9 Å². The molecule has 0 radical (unpaired) electrons. The van der Waals surface area contributed by atoms with Crippen molar-refractivity contribution < 1.29 is 28.6 Å². The first kappa shape index (κ1) is 25.4. The van der Waals surface area contributed by atoms with Gasteiger partial charge in [0.05, 0.1) is 31.4 Å². The second-order valence-electron chi connectivity index (χ2n) is 9.27. The van der Waals surface area contributed by atoms with Crippen molar-refractivity contribution in [2.45, 2.75) is 32.5 Å². The van der Waals surface area contributed by atoms with E-state index >= 15 is 0 Å². The summed E-state index contributed by atoms with van der Waals surface area (Å²) in [4.78, 5) is 28.7. The molecule has 1 amide bonds. The lowest BCUT2D eigenvalue weighted by atomic mass is 9.94. The number of carbonyl (C=O) groups excluding carboxylic acids is 2. The number of rotatable bonds is 8. The molecule has 3 aromatic carbocycles. The van der Waals surface area contributed by atoms with Gasteiger partial charge in [-0.2, -0.15) is 0 Å². The number of para-hydroxylation sites is 1. The third-order valence-corrected chi connectivity index (χ3v) is 6.59. The molecule has 0 aliphatic carbocycles. The summed E-state index contributed by atoms with van der Waals surface area (Å²) < 4.78 is 17.0. The van der Waals surface area contributed by atoms with Crippen molar-refractivity contribution in [3.63, 3.8) is 0 Å². The molecule has 5 rings (SSSR count). The van der Waals surface area contributed by atoms with Crippen molar-refractivity contribution in [3.8, 4) is 11.5 Å². The van der Waals surface area contributed by atoms with E-state index in [2.05, 4.69) is 0 Å². The first-order valence-corrected chi connectivity index (χ1v) is 12.5. The Hall–Kier alpha value is -4.23. The van der Waals surface area contributed by atoms with Crippen LogP contribution in [0.2, 0.25) is 5.02 Å². The molecule has 0 bridgehead atoms. The lowest BCUT2D eigenvalue weighted by Crippen LogP contribution is -2.30. The summed E-state index contributed by atoms with van der Waals surface area (Å²) in [7, 11) is 1.55. The van der Waals surface area contributed by atoms with Crippen LogP contribution in [0.15, 0.2) is 88.5 Å². The zero-order chi connectivity index (χ0) is 27.0. The summed E-state index contributed by atoms with van der Waals surface area (Å²) >= 11 is 6.10. The Balaban J connectivity index is 1.58. The normalized spacial score (nSPS) is 15.6.